The fourth-order valence-corrected chi connectivity index (χ4v) is 1.40. The van der Waals surface area contributed by atoms with E-state index in [-0.39, 0.29) is 0 Å². The molecule has 0 saturated heterocycles. The molecule has 4 nitrogen and oxygen atoms in total. The maximum absolute atomic E-state index is 8.60. The highest BCUT2D eigenvalue weighted by molar-refractivity contribution is 5.03. The van der Waals surface area contributed by atoms with Gasteiger partial charge in [-0.15, -0.1) is 0 Å². The highest BCUT2D eigenvalue weighted by atomic mass is 15.3. The molecule has 1 N–H and O–H groups in total. The van der Waals surface area contributed by atoms with Crippen LogP contribution in [0.4, 0.5) is 0 Å². The minimum absolute atomic E-state index is 0.292. The molecule has 0 amide bonds. The lowest BCUT2D eigenvalue weighted by Crippen LogP contribution is -2.27. The Bertz CT molecular complexity index is 324. The van der Waals surface area contributed by atoms with Gasteiger partial charge in [-0.05, 0) is 13.3 Å². The van der Waals surface area contributed by atoms with Crippen LogP contribution in [0.2, 0.25) is 0 Å². The summed E-state index contributed by atoms with van der Waals surface area (Å²) in [5, 5.41) is 16.1. The van der Waals surface area contributed by atoms with Gasteiger partial charge in [0.15, 0.2) is 0 Å². The summed E-state index contributed by atoms with van der Waals surface area (Å²) in [6, 6.07) is 2.48. The Balaban J connectivity index is 2.38. The second kappa shape index (κ2) is 6.20. The number of hydrogen-bond acceptors (Lipinski definition) is 3. The minimum Gasteiger partial charge on any atom is -0.309 e. The fourth-order valence-electron chi connectivity index (χ4n) is 1.40. The minimum atomic E-state index is 0.292. The molecule has 1 heterocycles. The van der Waals surface area contributed by atoms with E-state index in [0.717, 1.165) is 19.5 Å². The summed E-state index contributed by atoms with van der Waals surface area (Å²) in [6.45, 7) is 5.84. The Morgan fingerprint density at radius 2 is 2.40 bits per heavy atom. The molecule has 0 radical (unpaired) electrons. The number of rotatable bonds is 6. The zero-order valence-corrected chi connectivity index (χ0v) is 9.40. The zero-order valence-electron chi connectivity index (χ0n) is 9.40. The second-order valence-corrected chi connectivity index (χ2v) is 3.55. The van der Waals surface area contributed by atoms with Crippen LogP contribution < -0.4 is 5.32 Å². The van der Waals surface area contributed by atoms with E-state index < -0.39 is 0 Å². The zero-order chi connectivity index (χ0) is 11.1. The van der Waals surface area contributed by atoms with E-state index in [1.807, 2.05) is 17.1 Å². The predicted octanol–water partition coefficient (Wildman–Crippen LogP) is 1.68. The van der Waals surface area contributed by atoms with Gasteiger partial charge in [0.1, 0.15) is 0 Å². The molecule has 0 spiro atoms. The molecule has 0 unspecified atom stereocenters. The van der Waals surface area contributed by atoms with Crippen LogP contribution in [0, 0.1) is 11.3 Å². The molecule has 1 rings (SSSR count). The van der Waals surface area contributed by atoms with E-state index in [2.05, 4.69) is 30.3 Å². The van der Waals surface area contributed by atoms with Crippen molar-refractivity contribution in [3.63, 3.8) is 0 Å². The standard InChI is InChI=1S/C11H18N4/c1-3-11(5-6-12)13-7-10-8-14-15(4-2)9-10/h8-9,11,13H,3-5,7H2,1-2H3/t11-/m1/s1. The fraction of sp³-hybridized carbons (Fsp3) is 0.636. The number of nitrogens with zero attached hydrogens (tertiary/aromatic N) is 3. The van der Waals surface area contributed by atoms with Crippen molar-refractivity contribution in [2.75, 3.05) is 0 Å². The Morgan fingerprint density at radius 1 is 1.60 bits per heavy atom. The molecule has 1 atom stereocenters. The monoisotopic (exact) mass is 206 g/mol. The third-order valence-electron chi connectivity index (χ3n) is 2.44. The normalized spacial score (nSPS) is 12.3. The second-order valence-electron chi connectivity index (χ2n) is 3.55. The van der Waals surface area contributed by atoms with Crippen LogP contribution in [-0.4, -0.2) is 15.8 Å². The number of hydrogen-bond donors (Lipinski definition) is 1. The summed E-state index contributed by atoms with van der Waals surface area (Å²) in [5.74, 6) is 0. The Morgan fingerprint density at radius 3 is 2.93 bits per heavy atom. The summed E-state index contributed by atoms with van der Waals surface area (Å²) >= 11 is 0. The average Bonchev–Trinajstić information content (AvgIpc) is 2.72. The van der Waals surface area contributed by atoms with Crippen LogP contribution in [0.25, 0.3) is 0 Å². The number of nitrogens with one attached hydrogen (secondary N) is 1. The van der Waals surface area contributed by atoms with E-state index in [0.29, 0.717) is 12.5 Å². The van der Waals surface area contributed by atoms with E-state index >= 15 is 0 Å². The third-order valence-corrected chi connectivity index (χ3v) is 2.44. The number of nitriles is 1. The SMILES string of the molecule is CC[C@H](CC#N)NCc1cnn(CC)c1. The Hall–Kier alpha value is -1.34. The van der Waals surface area contributed by atoms with Crippen LogP contribution in [0.1, 0.15) is 32.3 Å². The molecule has 0 aliphatic rings. The molecule has 1 aromatic heterocycles. The van der Waals surface area contributed by atoms with Gasteiger partial charge in [0.25, 0.3) is 0 Å². The van der Waals surface area contributed by atoms with Crippen molar-refractivity contribution in [3.8, 4) is 6.07 Å². The first-order chi connectivity index (χ1) is 7.30. The summed E-state index contributed by atoms with van der Waals surface area (Å²) < 4.78 is 1.91. The molecule has 0 aliphatic heterocycles. The first kappa shape index (κ1) is 11.7. The highest BCUT2D eigenvalue weighted by Gasteiger charge is 2.05. The Labute approximate surface area is 90.9 Å². The van der Waals surface area contributed by atoms with E-state index in [1.165, 1.54) is 5.56 Å². The molecule has 0 fully saturated rings. The van der Waals surface area contributed by atoms with Crippen LogP contribution in [0.5, 0.6) is 0 Å². The van der Waals surface area contributed by atoms with Crippen molar-refractivity contribution in [2.45, 2.75) is 45.8 Å². The van der Waals surface area contributed by atoms with Crippen molar-refractivity contribution < 1.29 is 0 Å². The van der Waals surface area contributed by atoms with Gasteiger partial charge in [0.2, 0.25) is 0 Å². The van der Waals surface area contributed by atoms with Gasteiger partial charge in [-0.25, -0.2) is 0 Å². The van der Waals surface area contributed by atoms with Gasteiger partial charge in [-0.1, -0.05) is 6.92 Å². The summed E-state index contributed by atoms with van der Waals surface area (Å²) in [4.78, 5) is 0. The highest BCUT2D eigenvalue weighted by Crippen LogP contribution is 2.01. The van der Waals surface area contributed by atoms with Crippen LogP contribution in [-0.2, 0) is 13.1 Å². The van der Waals surface area contributed by atoms with Crippen LogP contribution in [0.15, 0.2) is 12.4 Å². The lowest BCUT2D eigenvalue weighted by Gasteiger charge is -2.11. The summed E-state index contributed by atoms with van der Waals surface area (Å²) in [5.41, 5.74) is 1.17. The lowest BCUT2D eigenvalue weighted by molar-refractivity contribution is 0.504. The van der Waals surface area contributed by atoms with Crippen molar-refractivity contribution in [1.82, 2.24) is 15.1 Å². The van der Waals surface area contributed by atoms with Gasteiger partial charge in [0.05, 0.1) is 18.7 Å². The first-order valence-electron chi connectivity index (χ1n) is 5.41. The largest absolute Gasteiger partial charge is 0.309 e. The van der Waals surface area contributed by atoms with Gasteiger partial charge in [-0.2, -0.15) is 10.4 Å². The molecule has 0 bridgehead atoms. The number of aromatic nitrogens is 2. The first-order valence-corrected chi connectivity index (χ1v) is 5.41. The maximum Gasteiger partial charge on any atom is 0.0638 e. The van der Waals surface area contributed by atoms with Gasteiger partial charge in [-0.3, -0.25) is 4.68 Å². The topological polar surface area (TPSA) is 53.6 Å². The van der Waals surface area contributed by atoms with Crippen molar-refractivity contribution in [1.29, 1.82) is 5.26 Å². The quantitative estimate of drug-likeness (QED) is 0.770. The third kappa shape index (κ3) is 3.72. The van der Waals surface area contributed by atoms with Crippen molar-refractivity contribution in [2.24, 2.45) is 0 Å². The maximum atomic E-state index is 8.60. The smallest absolute Gasteiger partial charge is 0.0638 e. The van der Waals surface area contributed by atoms with Crippen molar-refractivity contribution >= 4 is 0 Å². The Kier molecular flexibility index (Phi) is 4.85. The molecule has 15 heavy (non-hydrogen) atoms. The molecular weight excluding hydrogens is 188 g/mol. The molecule has 4 heteroatoms. The average molecular weight is 206 g/mol. The molecule has 0 aromatic carbocycles. The van der Waals surface area contributed by atoms with Crippen molar-refractivity contribution in [3.05, 3.63) is 18.0 Å². The van der Waals surface area contributed by atoms with Gasteiger partial charge >= 0.3 is 0 Å². The van der Waals surface area contributed by atoms with E-state index in [4.69, 9.17) is 5.26 Å². The summed E-state index contributed by atoms with van der Waals surface area (Å²) in [7, 11) is 0. The van der Waals surface area contributed by atoms with Gasteiger partial charge in [0, 0.05) is 30.9 Å². The molecular formula is C11H18N4. The molecule has 0 saturated carbocycles. The molecule has 82 valence electrons. The lowest BCUT2D eigenvalue weighted by atomic mass is 10.1. The summed E-state index contributed by atoms with van der Waals surface area (Å²) in [6.07, 6.45) is 5.45. The van der Waals surface area contributed by atoms with E-state index in [1.54, 1.807) is 0 Å². The van der Waals surface area contributed by atoms with E-state index in [9.17, 15) is 0 Å². The van der Waals surface area contributed by atoms with Gasteiger partial charge < -0.3 is 5.32 Å². The molecule has 1 aromatic rings. The number of aryl methyl sites for hydroxylation is 1. The van der Waals surface area contributed by atoms with Crippen LogP contribution in [0.3, 0.4) is 0 Å². The molecule has 0 aliphatic carbocycles. The predicted molar refractivity (Wildman–Crippen MR) is 59.0 cm³/mol. The van der Waals surface area contributed by atoms with Crippen LogP contribution >= 0.6 is 0 Å².